The lowest BCUT2D eigenvalue weighted by Gasteiger charge is -2.42. The fourth-order valence-corrected chi connectivity index (χ4v) is 5.33. The highest BCUT2D eigenvalue weighted by molar-refractivity contribution is 8.00. The van der Waals surface area contributed by atoms with Crippen molar-refractivity contribution in [1.29, 1.82) is 0 Å². The zero-order chi connectivity index (χ0) is 21.5. The minimum Gasteiger partial charge on any atom is -0.508 e. The van der Waals surface area contributed by atoms with Crippen LogP contribution in [0.5, 0.6) is 5.75 Å². The molecule has 3 aromatic rings. The summed E-state index contributed by atoms with van der Waals surface area (Å²) in [4.78, 5) is 29.0. The highest BCUT2D eigenvalue weighted by Crippen LogP contribution is 2.41. The van der Waals surface area contributed by atoms with Crippen LogP contribution in [-0.2, 0) is 9.59 Å². The van der Waals surface area contributed by atoms with Crippen LogP contribution in [0.25, 0.3) is 21.9 Å². The first-order chi connectivity index (χ1) is 15.0. The van der Waals surface area contributed by atoms with Crippen LogP contribution in [0.1, 0.15) is 0 Å². The van der Waals surface area contributed by atoms with Crippen LogP contribution in [0.2, 0.25) is 0 Å². The molecule has 1 fully saturated rings. The Morgan fingerprint density at radius 1 is 1.16 bits per heavy atom. The van der Waals surface area contributed by atoms with Crippen molar-refractivity contribution >= 4 is 40.0 Å². The lowest BCUT2D eigenvalue weighted by atomic mass is 9.96. The molecule has 31 heavy (non-hydrogen) atoms. The number of amides is 2. The third kappa shape index (κ3) is 3.57. The summed E-state index contributed by atoms with van der Waals surface area (Å²) in [6.45, 7) is 5.46. The smallest absolute Gasteiger partial charge is 0.245 e. The van der Waals surface area contributed by atoms with E-state index in [1.165, 1.54) is 6.08 Å². The van der Waals surface area contributed by atoms with Gasteiger partial charge in [-0.05, 0) is 52.2 Å². The van der Waals surface area contributed by atoms with E-state index in [-0.39, 0.29) is 23.5 Å². The molecule has 0 aliphatic carbocycles. The molecule has 6 heteroatoms. The molecule has 0 radical (unpaired) electrons. The number of anilines is 1. The van der Waals surface area contributed by atoms with E-state index in [4.69, 9.17) is 0 Å². The summed E-state index contributed by atoms with van der Waals surface area (Å²) in [5.41, 5.74) is 2.90. The van der Waals surface area contributed by atoms with Crippen molar-refractivity contribution < 1.29 is 14.7 Å². The van der Waals surface area contributed by atoms with Gasteiger partial charge in [0.25, 0.3) is 0 Å². The minimum atomic E-state index is -0.0554. The predicted octanol–water partition coefficient (Wildman–Crippen LogP) is 4.30. The van der Waals surface area contributed by atoms with Gasteiger partial charge in [-0.2, -0.15) is 0 Å². The van der Waals surface area contributed by atoms with Crippen LogP contribution in [-0.4, -0.2) is 47.2 Å². The van der Waals surface area contributed by atoms with Crippen LogP contribution in [0.15, 0.2) is 72.1 Å². The highest BCUT2D eigenvalue weighted by Gasteiger charge is 2.34. The summed E-state index contributed by atoms with van der Waals surface area (Å²) in [5.74, 6) is 0.957. The van der Waals surface area contributed by atoms with Gasteiger partial charge in [-0.15, -0.1) is 11.8 Å². The summed E-state index contributed by atoms with van der Waals surface area (Å²) < 4.78 is 0. The topological polar surface area (TPSA) is 60.9 Å². The first kappa shape index (κ1) is 19.7. The molecule has 1 N–H and O–H groups in total. The number of thioether (sulfide) groups is 1. The highest BCUT2D eigenvalue weighted by atomic mass is 32.2. The molecule has 0 bridgehead atoms. The Kier molecular flexibility index (Phi) is 4.94. The quantitative estimate of drug-likeness (QED) is 0.627. The molecule has 2 amide bonds. The Hall–Kier alpha value is -3.25. The number of phenolic OH excluding ortho intramolecular Hbond substituents is 1. The van der Waals surface area contributed by atoms with Crippen LogP contribution >= 0.6 is 11.8 Å². The summed E-state index contributed by atoms with van der Waals surface area (Å²) in [5, 5.41) is 12.3. The second-order valence-electron chi connectivity index (χ2n) is 8.00. The van der Waals surface area contributed by atoms with E-state index in [2.05, 4.69) is 18.7 Å². The van der Waals surface area contributed by atoms with Crippen molar-refractivity contribution in [1.82, 2.24) is 4.90 Å². The maximum Gasteiger partial charge on any atom is 0.245 e. The predicted molar refractivity (Wildman–Crippen MR) is 124 cm³/mol. The van der Waals surface area contributed by atoms with E-state index in [1.54, 1.807) is 28.8 Å². The van der Waals surface area contributed by atoms with E-state index in [0.717, 1.165) is 32.5 Å². The maximum atomic E-state index is 12.7. The van der Waals surface area contributed by atoms with Gasteiger partial charge in [-0.25, -0.2) is 0 Å². The van der Waals surface area contributed by atoms with Gasteiger partial charge < -0.3 is 14.9 Å². The number of likely N-dealkylation sites (tertiary alicyclic amines) is 1. The lowest BCUT2D eigenvalue weighted by molar-refractivity contribution is -0.131. The summed E-state index contributed by atoms with van der Waals surface area (Å²) in [7, 11) is 0. The van der Waals surface area contributed by atoms with E-state index in [1.807, 2.05) is 35.2 Å². The van der Waals surface area contributed by atoms with Crippen molar-refractivity contribution in [2.75, 3.05) is 30.3 Å². The van der Waals surface area contributed by atoms with Gasteiger partial charge in [-0.3, -0.25) is 9.59 Å². The molecule has 0 spiro atoms. The van der Waals surface area contributed by atoms with E-state index in [0.29, 0.717) is 25.4 Å². The van der Waals surface area contributed by atoms with Gasteiger partial charge in [0, 0.05) is 30.4 Å². The van der Waals surface area contributed by atoms with Crippen molar-refractivity contribution in [3.63, 3.8) is 0 Å². The molecular weight excluding hydrogens is 408 g/mol. The Morgan fingerprint density at radius 3 is 2.77 bits per heavy atom. The summed E-state index contributed by atoms with van der Waals surface area (Å²) in [6.07, 6.45) is 1.33. The zero-order valence-corrected chi connectivity index (χ0v) is 17.8. The number of carbonyl (C=O) groups is 2. The number of phenols is 1. The molecule has 2 aliphatic heterocycles. The number of carbonyl (C=O) groups excluding carboxylic acids is 2. The monoisotopic (exact) mass is 430 g/mol. The van der Waals surface area contributed by atoms with Crippen LogP contribution in [0, 0.1) is 5.92 Å². The number of fused-ring (bicyclic) bond motifs is 2. The number of benzene rings is 3. The normalized spacial score (nSPS) is 16.2. The van der Waals surface area contributed by atoms with Crippen LogP contribution < -0.4 is 4.90 Å². The third-order valence-corrected chi connectivity index (χ3v) is 6.97. The van der Waals surface area contributed by atoms with E-state index >= 15 is 0 Å². The molecule has 3 aromatic carbocycles. The first-order valence-electron chi connectivity index (χ1n) is 10.2. The zero-order valence-electron chi connectivity index (χ0n) is 17.0. The Morgan fingerprint density at radius 2 is 1.97 bits per heavy atom. The van der Waals surface area contributed by atoms with Gasteiger partial charge in [-0.1, -0.05) is 36.9 Å². The van der Waals surface area contributed by atoms with Gasteiger partial charge in [0.1, 0.15) is 5.75 Å². The molecule has 0 aromatic heterocycles. The molecule has 2 aliphatic rings. The SMILES string of the molecule is C=CC(=O)N1CC(CN2C(=O)CSc3cc(-c4cc(O)cc5ccccc45)ccc32)C1. The standard InChI is InChI=1S/C25H22N2O3S/c1-2-24(29)26-12-16(13-26)14-27-22-8-7-18(10-23(22)31-15-25(27)30)21-11-19(28)9-17-5-3-4-6-20(17)21/h2-11,16,28H,1,12-15H2. The van der Waals surface area contributed by atoms with Gasteiger partial charge in [0.2, 0.25) is 11.8 Å². The fraction of sp³-hybridized carbons (Fsp3) is 0.200. The molecule has 5 rings (SSSR count). The molecule has 156 valence electrons. The van der Waals surface area contributed by atoms with Crippen molar-refractivity contribution in [2.24, 2.45) is 5.92 Å². The van der Waals surface area contributed by atoms with Gasteiger partial charge in [0.05, 0.1) is 11.4 Å². The molecule has 2 heterocycles. The Labute approximate surface area is 185 Å². The average molecular weight is 431 g/mol. The number of aromatic hydroxyl groups is 1. The molecule has 0 unspecified atom stereocenters. The van der Waals surface area contributed by atoms with E-state index in [9.17, 15) is 14.7 Å². The van der Waals surface area contributed by atoms with E-state index < -0.39 is 0 Å². The first-order valence-corrected chi connectivity index (χ1v) is 11.2. The number of nitrogens with zero attached hydrogens (tertiary/aromatic N) is 2. The molecule has 0 saturated carbocycles. The van der Waals surface area contributed by atoms with Gasteiger partial charge >= 0.3 is 0 Å². The van der Waals surface area contributed by atoms with Crippen molar-refractivity contribution in [3.8, 4) is 16.9 Å². The number of rotatable bonds is 4. The Balaban J connectivity index is 1.44. The van der Waals surface area contributed by atoms with Crippen molar-refractivity contribution in [3.05, 3.63) is 67.3 Å². The molecule has 5 nitrogen and oxygen atoms in total. The minimum absolute atomic E-state index is 0.0554. The number of hydrogen-bond donors (Lipinski definition) is 1. The van der Waals surface area contributed by atoms with Crippen LogP contribution in [0.3, 0.4) is 0 Å². The molecule has 1 saturated heterocycles. The molecule has 0 atom stereocenters. The second kappa shape index (κ2) is 7.78. The number of hydrogen-bond acceptors (Lipinski definition) is 4. The summed E-state index contributed by atoms with van der Waals surface area (Å²) >= 11 is 1.55. The Bertz CT molecular complexity index is 1220. The largest absolute Gasteiger partial charge is 0.508 e. The third-order valence-electron chi connectivity index (χ3n) is 5.94. The van der Waals surface area contributed by atoms with Crippen molar-refractivity contribution in [2.45, 2.75) is 4.90 Å². The maximum absolute atomic E-state index is 12.7. The average Bonchev–Trinajstić information content (AvgIpc) is 2.75. The second-order valence-corrected chi connectivity index (χ2v) is 9.02. The van der Waals surface area contributed by atoms with Crippen LogP contribution in [0.4, 0.5) is 5.69 Å². The van der Waals surface area contributed by atoms with Gasteiger partial charge in [0.15, 0.2) is 0 Å². The fourth-order valence-electron chi connectivity index (χ4n) is 4.36. The summed E-state index contributed by atoms with van der Waals surface area (Å²) in [6, 6.07) is 17.7. The lowest BCUT2D eigenvalue weighted by Crippen LogP contribution is -2.54. The molecular formula is C25H22N2O3S.